The molecule has 1 heterocycles. The standard InChI is InChI=1S/C10H9NO5S/c11-7-1-2-8-6(5-17(13,14)15)3-10(12)16-9(8)4-7/h1-4H,5,11H2,(H,13,14,15). The maximum Gasteiger partial charge on any atom is 0.336 e. The number of nitrogens with two attached hydrogens (primary N) is 1. The van der Waals surface area contributed by atoms with Crippen molar-refractivity contribution < 1.29 is 17.4 Å². The summed E-state index contributed by atoms with van der Waals surface area (Å²) in [7, 11) is -4.21. The quantitative estimate of drug-likeness (QED) is 0.465. The second-order valence-corrected chi connectivity index (χ2v) is 5.03. The van der Waals surface area contributed by atoms with Gasteiger partial charge in [-0.15, -0.1) is 0 Å². The molecule has 90 valence electrons. The molecule has 1 aromatic heterocycles. The van der Waals surface area contributed by atoms with E-state index in [1.807, 2.05) is 0 Å². The maximum atomic E-state index is 11.2. The van der Waals surface area contributed by atoms with E-state index in [-0.39, 0.29) is 11.1 Å². The number of anilines is 1. The van der Waals surface area contributed by atoms with E-state index in [2.05, 4.69) is 0 Å². The Labute approximate surface area is 96.4 Å². The molecule has 0 fully saturated rings. The SMILES string of the molecule is Nc1ccc2c(CS(=O)(=O)O)cc(=O)oc2c1. The van der Waals surface area contributed by atoms with Crippen molar-refractivity contribution in [3.63, 3.8) is 0 Å². The van der Waals surface area contributed by atoms with Crippen molar-refractivity contribution in [3.8, 4) is 0 Å². The summed E-state index contributed by atoms with van der Waals surface area (Å²) >= 11 is 0. The van der Waals surface area contributed by atoms with Crippen molar-refractivity contribution in [3.05, 3.63) is 40.2 Å². The lowest BCUT2D eigenvalue weighted by atomic mass is 10.1. The molecule has 0 saturated carbocycles. The minimum Gasteiger partial charge on any atom is -0.423 e. The highest BCUT2D eigenvalue weighted by atomic mass is 32.2. The molecular weight excluding hydrogens is 246 g/mol. The summed E-state index contributed by atoms with van der Waals surface area (Å²) < 4.78 is 35.3. The molecule has 2 aromatic rings. The second-order valence-electron chi connectivity index (χ2n) is 3.57. The van der Waals surface area contributed by atoms with E-state index in [9.17, 15) is 13.2 Å². The van der Waals surface area contributed by atoms with E-state index in [0.29, 0.717) is 11.1 Å². The summed E-state index contributed by atoms with van der Waals surface area (Å²) in [5, 5.41) is 0.427. The molecule has 0 bridgehead atoms. The fraction of sp³-hybridized carbons (Fsp3) is 0.100. The van der Waals surface area contributed by atoms with Crippen LogP contribution < -0.4 is 11.4 Å². The van der Waals surface area contributed by atoms with E-state index >= 15 is 0 Å². The lowest BCUT2D eigenvalue weighted by molar-refractivity contribution is 0.482. The average molecular weight is 255 g/mol. The Bertz CT molecular complexity index is 732. The summed E-state index contributed by atoms with van der Waals surface area (Å²) in [6.07, 6.45) is 0. The molecule has 0 unspecified atom stereocenters. The molecule has 2 rings (SSSR count). The van der Waals surface area contributed by atoms with Crippen LogP contribution in [0.15, 0.2) is 33.5 Å². The topological polar surface area (TPSA) is 111 Å². The van der Waals surface area contributed by atoms with Crippen molar-refractivity contribution in [2.75, 3.05) is 5.73 Å². The number of fused-ring (bicyclic) bond motifs is 1. The third kappa shape index (κ3) is 2.63. The van der Waals surface area contributed by atoms with Gasteiger partial charge in [0.1, 0.15) is 11.3 Å². The predicted octanol–water partition coefficient (Wildman–Crippen LogP) is 0.763. The Morgan fingerprint density at radius 3 is 2.65 bits per heavy atom. The smallest absolute Gasteiger partial charge is 0.336 e. The van der Waals surface area contributed by atoms with Gasteiger partial charge in [-0.1, -0.05) is 0 Å². The molecule has 6 nitrogen and oxygen atoms in total. The number of hydrogen-bond donors (Lipinski definition) is 2. The van der Waals surface area contributed by atoms with Gasteiger partial charge >= 0.3 is 5.63 Å². The molecular formula is C10H9NO5S. The van der Waals surface area contributed by atoms with E-state index < -0.39 is 21.5 Å². The third-order valence-electron chi connectivity index (χ3n) is 2.19. The van der Waals surface area contributed by atoms with Gasteiger partial charge in [0, 0.05) is 23.2 Å². The third-order valence-corrected chi connectivity index (χ3v) is 2.87. The summed E-state index contributed by atoms with van der Waals surface area (Å²) in [5.74, 6) is -0.640. The van der Waals surface area contributed by atoms with Crippen molar-refractivity contribution in [1.29, 1.82) is 0 Å². The minimum absolute atomic E-state index is 0.179. The number of rotatable bonds is 2. The van der Waals surface area contributed by atoms with Crippen LogP contribution in [0.1, 0.15) is 5.56 Å². The van der Waals surface area contributed by atoms with Gasteiger partial charge in [0.25, 0.3) is 10.1 Å². The normalized spacial score (nSPS) is 11.8. The molecule has 1 aromatic carbocycles. The number of nitrogen functional groups attached to an aromatic ring is 1. The highest BCUT2D eigenvalue weighted by molar-refractivity contribution is 7.85. The lowest BCUT2D eigenvalue weighted by Gasteiger charge is -2.03. The summed E-state index contributed by atoms with van der Waals surface area (Å²) in [6.45, 7) is 0. The summed E-state index contributed by atoms with van der Waals surface area (Å²) in [4.78, 5) is 11.2. The fourth-order valence-corrected chi connectivity index (χ4v) is 2.19. The molecule has 0 aliphatic rings. The largest absolute Gasteiger partial charge is 0.423 e. The first-order valence-corrected chi connectivity index (χ1v) is 6.23. The second kappa shape index (κ2) is 3.86. The van der Waals surface area contributed by atoms with Gasteiger partial charge in [-0.05, 0) is 17.7 Å². The van der Waals surface area contributed by atoms with Crippen LogP contribution in [-0.4, -0.2) is 13.0 Å². The Morgan fingerprint density at radius 2 is 2.00 bits per heavy atom. The van der Waals surface area contributed by atoms with Crippen LogP contribution in [0.3, 0.4) is 0 Å². The lowest BCUT2D eigenvalue weighted by Crippen LogP contribution is -2.07. The number of hydrogen-bond acceptors (Lipinski definition) is 5. The van der Waals surface area contributed by atoms with E-state index in [1.54, 1.807) is 6.07 Å². The van der Waals surface area contributed by atoms with Crippen molar-refractivity contribution in [2.24, 2.45) is 0 Å². The molecule has 0 aliphatic heterocycles. The zero-order chi connectivity index (χ0) is 12.6. The molecule has 0 atom stereocenters. The predicted molar refractivity (Wildman–Crippen MR) is 62.1 cm³/mol. The first-order chi connectivity index (χ1) is 7.85. The van der Waals surface area contributed by atoms with Gasteiger partial charge in [0.05, 0.1) is 0 Å². The van der Waals surface area contributed by atoms with Crippen LogP contribution in [0.4, 0.5) is 5.69 Å². The molecule has 0 spiro atoms. The zero-order valence-electron chi connectivity index (χ0n) is 8.58. The zero-order valence-corrected chi connectivity index (χ0v) is 9.40. The first kappa shape index (κ1) is 11.6. The Balaban J connectivity index is 2.74. The number of benzene rings is 1. The highest BCUT2D eigenvalue weighted by Crippen LogP contribution is 2.20. The van der Waals surface area contributed by atoms with Gasteiger partial charge in [-0.3, -0.25) is 4.55 Å². The van der Waals surface area contributed by atoms with Crippen LogP contribution in [0.2, 0.25) is 0 Å². The van der Waals surface area contributed by atoms with Gasteiger partial charge in [0.15, 0.2) is 0 Å². The average Bonchev–Trinajstić information content (AvgIpc) is 2.13. The molecule has 17 heavy (non-hydrogen) atoms. The molecule has 0 radical (unpaired) electrons. The van der Waals surface area contributed by atoms with Crippen LogP contribution in [-0.2, 0) is 15.9 Å². The minimum atomic E-state index is -4.21. The van der Waals surface area contributed by atoms with Gasteiger partial charge in [0.2, 0.25) is 0 Å². The first-order valence-electron chi connectivity index (χ1n) is 4.62. The summed E-state index contributed by atoms with van der Waals surface area (Å²) in [5.41, 5.74) is 5.59. The van der Waals surface area contributed by atoms with Crippen LogP contribution >= 0.6 is 0 Å². The van der Waals surface area contributed by atoms with E-state index in [1.165, 1.54) is 12.1 Å². The van der Waals surface area contributed by atoms with Gasteiger partial charge in [-0.25, -0.2) is 4.79 Å². The molecule has 0 saturated heterocycles. The fourth-order valence-electron chi connectivity index (χ4n) is 1.56. The van der Waals surface area contributed by atoms with Gasteiger partial charge < -0.3 is 10.2 Å². The van der Waals surface area contributed by atoms with Crippen molar-refractivity contribution in [2.45, 2.75) is 5.75 Å². The van der Waals surface area contributed by atoms with Crippen LogP contribution in [0.25, 0.3) is 11.0 Å². The van der Waals surface area contributed by atoms with Crippen LogP contribution in [0, 0.1) is 0 Å². The Morgan fingerprint density at radius 1 is 1.29 bits per heavy atom. The van der Waals surface area contributed by atoms with E-state index in [0.717, 1.165) is 6.07 Å². The monoisotopic (exact) mass is 255 g/mol. The molecule has 7 heteroatoms. The molecule has 3 N–H and O–H groups in total. The highest BCUT2D eigenvalue weighted by Gasteiger charge is 2.12. The van der Waals surface area contributed by atoms with Crippen molar-refractivity contribution >= 4 is 26.8 Å². The van der Waals surface area contributed by atoms with Crippen LogP contribution in [0.5, 0.6) is 0 Å². The van der Waals surface area contributed by atoms with Crippen molar-refractivity contribution in [1.82, 2.24) is 0 Å². The molecule has 0 amide bonds. The van der Waals surface area contributed by atoms with E-state index in [4.69, 9.17) is 14.7 Å². The Hall–Kier alpha value is -1.86. The Kier molecular flexibility index (Phi) is 2.64. The van der Waals surface area contributed by atoms with Gasteiger partial charge in [-0.2, -0.15) is 8.42 Å². The summed E-state index contributed by atoms with van der Waals surface area (Å²) in [6, 6.07) is 5.54. The maximum absolute atomic E-state index is 11.2. The molecule has 0 aliphatic carbocycles.